The minimum Gasteiger partial charge on any atom is -0.319 e. The molecule has 1 aliphatic heterocycles. The maximum atomic E-state index is 12.9. The van der Waals surface area contributed by atoms with Gasteiger partial charge in [0.15, 0.2) is 0 Å². The van der Waals surface area contributed by atoms with Gasteiger partial charge >= 0.3 is 0 Å². The van der Waals surface area contributed by atoms with Gasteiger partial charge in [0.05, 0.1) is 17.9 Å². The molecule has 1 aliphatic rings. The van der Waals surface area contributed by atoms with Gasteiger partial charge in [-0.3, -0.25) is 19.2 Å². The van der Waals surface area contributed by atoms with E-state index >= 15 is 0 Å². The molecule has 11 heteroatoms. The minimum atomic E-state index is -3.48. The van der Waals surface area contributed by atoms with Gasteiger partial charge in [0.25, 0.3) is 15.6 Å². The second-order valence-electron chi connectivity index (χ2n) is 7.60. The number of carbonyl (C=O) groups is 1. The summed E-state index contributed by atoms with van der Waals surface area (Å²) in [7, 11) is -1.71. The Morgan fingerprint density at radius 2 is 1.75 bits per heavy atom. The first-order valence-corrected chi connectivity index (χ1v) is 12.5. The molecule has 4 rings (SSSR count). The number of aromatic nitrogens is 2. The Bertz CT molecular complexity index is 1260. The third kappa shape index (κ3) is 4.29. The van der Waals surface area contributed by atoms with Gasteiger partial charge in [-0.25, -0.2) is 13.1 Å². The second kappa shape index (κ2) is 9.02. The van der Waals surface area contributed by atoms with Crippen LogP contribution in [0.4, 0.5) is 5.69 Å². The van der Waals surface area contributed by atoms with Crippen molar-refractivity contribution in [3.8, 4) is 5.69 Å². The first kappa shape index (κ1) is 22.5. The normalized spacial score (nSPS) is 15.7. The van der Waals surface area contributed by atoms with E-state index in [4.69, 9.17) is 0 Å². The summed E-state index contributed by atoms with van der Waals surface area (Å²) in [4.78, 5) is 27.5. The van der Waals surface area contributed by atoms with Crippen LogP contribution in [0.15, 0.2) is 56.8 Å². The lowest BCUT2D eigenvalue weighted by molar-refractivity contribution is -0.117. The average molecular weight is 476 g/mol. The third-order valence-corrected chi connectivity index (χ3v) is 8.88. The molecule has 0 saturated carbocycles. The van der Waals surface area contributed by atoms with Crippen LogP contribution in [-0.2, 0) is 21.9 Å². The Balaban J connectivity index is 1.40. The van der Waals surface area contributed by atoms with E-state index in [1.54, 1.807) is 36.2 Å². The van der Waals surface area contributed by atoms with Crippen LogP contribution in [0.25, 0.3) is 5.69 Å². The van der Waals surface area contributed by atoms with Crippen molar-refractivity contribution in [2.24, 2.45) is 7.05 Å². The van der Waals surface area contributed by atoms with E-state index in [9.17, 15) is 18.0 Å². The molecule has 0 bridgehead atoms. The molecule has 0 aliphatic carbocycles. The van der Waals surface area contributed by atoms with E-state index < -0.39 is 10.0 Å². The Labute approximate surface area is 190 Å². The van der Waals surface area contributed by atoms with Crippen molar-refractivity contribution < 1.29 is 13.2 Å². The zero-order valence-electron chi connectivity index (χ0n) is 17.9. The molecule has 1 N–H and O–H groups in total. The molecule has 0 atom stereocenters. The SMILES string of the molecule is Cc1c(NC(=O)CN2CCN(S(=O)(=O)c3cccs3)CC2)c(=O)n(-c2ccccc2)n1C. The minimum absolute atomic E-state index is 0.0893. The van der Waals surface area contributed by atoms with Crippen molar-refractivity contribution in [2.45, 2.75) is 11.1 Å². The maximum Gasteiger partial charge on any atom is 0.295 e. The molecule has 32 heavy (non-hydrogen) atoms. The van der Waals surface area contributed by atoms with Gasteiger partial charge in [0.1, 0.15) is 9.90 Å². The molecule has 9 nitrogen and oxygen atoms in total. The molecule has 170 valence electrons. The molecule has 3 heterocycles. The van der Waals surface area contributed by atoms with Crippen molar-refractivity contribution in [3.63, 3.8) is 0 Å². The van der Waals surface area contributed by atoms with E-state index in [1.165, 1.54) is 20.3 Å². The number of thiophene rings is 1. The Hall–Kier alpha value is -2.73. The maximum absolute atomic E-state index is 12.9. The van der Waals surface area contributed by atoms with Gasteiger partial charge in [-0.15, -0.1) is 11.3 Å². The largest absolute Gasteiger partial charge is 0.319 e. The molecule has 1 fully saturated rings. The number of sulfonamides is 1. The lowest BCUT2D eigenvalue weighted by Gasteiger charge is -2.33. The summed E-state index contributed by atoms with van der Waals surface area (Å²) >= 11 is 1.20. The van der Waals surface area contributed by atoms with Crippen LogP contribution in [-0.4, -0.2) is 65.6 Å². The highest BCUT2D eigenvalue weighted by molar-refractivity contribution is 7.91. The van der Waals surface area contributed by atoms with E-state index in [1.807, 2.05) is 35.2 Å². The number of nitrogens with zero attached hydrogens (tertiary/aromatic N) is 4. The summed E-state index contributed by atoms with van der Waals surface area (Å²) in [5, 5.41) is 4.50. The number of hydrogen-bond acceptors (Lipinski definition) is 6. The monoisotopic (exact) mass is 475 g/mol. The van der Waals surface area contributed by atoms with Crippen molar-refractivity contribution >= 4 is 33.0 Å². The lowest BCUT2D eigenvalue weighted by atomic mass is 10.3. The Kier molecular flexibility index (Phi) is 6.33. The molecule has 1 aromatic carbocycles. The van der Waals surface area contributed by atoms with Crippen molar-refractivity contribution in [3.05, 3.63) is 63.9 Å². The second-order valence-corrected chi connectivity index (χ2v) is 10.7. The van der Waals surface area contributed by atoms with E-state index in [2.05, 4.69) is 5.32 Å². The number of piperazine rings is 1. The van der Waals surface area contributed by atoms with Crippen LogP contribution in [0.5, 0.6) is 0 Å². The molecular weight excluding hydrogens is 450 g/mol. The molecule has 2 aromatic heterocycles. The highest BCUT2D eigenvalue weighted by atomic mass is 32.2. The van der Waals surface area contributed by atoms with Crippen LogP contribution >= 0.6 is 11.3 Å². The van der Waals surface area contributed by atoms with Gasteiger partial charge in [-0.05, 0) is 30.5 Å². The van der Waals surface area contributed by atoms with Gasteiger partial charge in [-0.1, -0.05) is 24.3 Å². The smallest absolute Gasteiger partial charge is 0.295 e. The highest BCUT2D eigenvalue weighted by Crippen LogP contribution is 2.22. The number of hydrogen-bond donors (Lipinski definition) is 1. The first-order valence-electron chi connectivity index (χ1n) is 10.2. The van der Waals surface area contributed by atoms with Crippen molar-refractivity contribution in [1.29, 1.82) is 0 Å². The van der Waals surface area contributed by atoms with Crippen LogP contribution in [0, 0.1) is 6.92 Å². The summed E-state index contributed by atoms with van der Waals surface area (Å²) in [6.45, 7) is 3.40. The Morgan fingerprint density at radius 3 is 2.38 bits per heavy atom. The predicted octanol–water partition coefficient (Wildman–Crippen LogP) is 1.49. The summed E-state index contributed by atoms with van der Waals surface area (Å²) in [5.74, 6) is -0.300. The van der Waals surface area contributed by atoms with Crippen molar-refractivity contribution in [2.75, 3.05) is 38.0 Å². The lowest BCUT2D eigenvalue weighted by Crippen LogP contribution is -2.50. The summed E-state index contributed by atoms with van der Waals surface area (Å²) in [6, 6.07) is 12.5. The molecule has 1 amide bonds. The molecule has 0 unspecified atom stereocenters. The number of nitrogens with one attached hydrogen (secondary N) is 1. The average Bonchev–Trinajstić information content (AvgIpc) is 3.40. The number of benzene rings is 1. The van der Waals surface area contributed by atoms with E-state index in [-0.39, 0.29) is 23.7 Å². The molecular formula is C21H25N5O4S2. The van der Waals surface area contributed by atoms with Gasteiger partial charge in [-0.2, -0.15) is 4.31 Å². The highest BCUT2D eigenvalue weighted by Gasteiger charge is 2.30. The first-order chi connectivity index (χ1) is 15.3. The fourth-order valence-electron chi connectivity index (χ4n) is 3.76. The third-order valence-electron chi connectivity index (χ3n) is 5.61. The predicted molar refractivity (Wildman–Crippen MR) is 124 cm³/mol. The number of rotatable bonds is 6. The van der Waals surface area contributed by atoms with Gasteiger partial charge in [0.2, 0.25) is 5.91 Å². The Morgan fingerprint density at radius 1 is 1.06 bits per heavy atom. The van der Waals surface area contributed by atoms with Crippen molar-refractivity contribution in [1.82, 2.24) is 18.6 Å². The number of amides is 1. The van der Waals surface area contributed by atoms with Crippen LogP contribution in [0.1, 0.15) is 5.69 Å². The summed E-state index contributed by atoms with van der Waals surface area (Å²) in [5.41, 5.74) is 1.32. The number of carbonyl (C=O) groups excluding carboxylic acids is 1. The van der Waals surface area contributed by atoms with Crippen LogP contribution < -0.4 is 10.9 Å². The zero-order chi connectivity index (χ0) is 22.9. The van der Waals surface area contributed by atoms with Crippen LogP contribution in [0.2, 0.25) is 0 Å². The quantitative estimate of drug-likeness (QED) is 0.583. The number of para-hydroxylation sites is 1. The molecule has 0 spiro atoms. The summed E-state index contributed by atoms with van der Waals surface area (Å²) in [6.07, 6.45) is 0. The standard InChI is InChI=1S/C21H25N5O4S2/c1-16-20(21(28)26(23(16)2)17-7-4-3-5-8-17)22-18(27)15-24-10-12-25(13-11-24)32(29,30)19-9-6-14-31-19/h3-9,14H,10-13,15H2,1-2H3,(H,22,27). The zero-order valence-corrected chi connectivity index (χ0v) is 19.5. The van der Waals surface area contributed by atoms with Gasteiger partial charge in [0, 0.05) is 33.2 Å². The fraction of sp³-hybridized carbons (Fsp3) is 0.333. The van der Waals surface area contributed by atoms with Gasteiger partial charge < -0.3 is 5.32 Å². The van der Waals surface area contributed by atoms with Crippen LogP contribution in [0.3, 0.4) is 0 Å². The molecule has 3 aromatic rings. The number of anilines is 1. The fourth-order valence-corrected chi connectivity index (χ4v) is 6.33. The summed E-state index contributed by atoms with van der Waals surface area (Å²) < 4.78 is 30.3. The molecule has 0 radical (unpaired) electrons. The van der Waals surface area contributed by atoms with E-state index in [0.717, 1.165) is 0 Å². The topological polar surface area (TPSA) is 96.7 Å². The molecule has 1 saturated heterocycles. The van der Waals surface area contributed by atoms with E-state index in [0.29, 0.717) is 41.8 Å².